The predicted molar refractivity (Wildman–Crippen MR) is 113 cm³/mol. The number of hydrogen-bond acceptors (Lipinski definition) is 4. The third-order valence-electron chi connectivity index (χ3n) is 5.03. The largest absolute Gasteiger partial charge is 0.449 e. The van der Waals surface area contributed by atoms with Crippen molar-refractivity contribution in [1.29, 1.82) is 0 Å². The molecule has 0 bridgehead atoms. The van der Waals surface area contributed by atoms with E-state index in [-0.39, 0.29) is 29.9 Å². The first-order valence-electron chi connectivity index (χ1n) is 9.21. The summed E-state index contributed by atoms with van der Waals surface area (Å²) in [4.78, 5) is 24.4. The number of hydrogen-bond donors (Lipinski definition) is 2. The highest BCUT2D eigenvalue weighted by atomic mass is 35.5. The second-order valence-corrected chi connectivity index (χ2v) is 7.25. The third-order valence-corrected chi connectivity index (χ3v) is 5.34. The zero-order chi connectivity index (χ0) is 20.4. The van der Waals surface area contributed by atoms with Crippen LogP contribution in [0.1, 0.15) is 27.4 Å². The van der Waals surface area contributed by atoms with Crippen molar-refractivity contribution in [2.45, 2.75) is 5.92 Å². The summed E-state index contributed by atoms with van der Waals surface area (Å²) in [6, 6.07) is 20.8. The number of rotatable bonds is 5. The Bertz CT molecular complexity index is 1050. The van der Waals surface area contributed by atoms with Crippen LogP contribution in [0.4, 0.5) is 10.5 Å². The van der Waals surface area contributed by atoms with Crippen LogP contribution in [0, 0.1) is 0 Å². The van der Waals surface area contributed by atoms with Crippen LogP contribution in [0.25, 0.3) is 11.1 Å². The summed E-state index contributed by atoms with van der Waals surface area (Å²) in [6.07, 6.45) is -0.647. The lowest BCUT2D eigenvalue weighted by Crippen LogP contribution is -2.31. The van der Waals surface area contributed by atoms with E-state index in [1.165, 1.54) is 6.07 Å². The van der Waals surface area contributed by atoms with Crippen LogP contribution in [0.3, 0.4) is 0 Å². The maximum absolute atomic E-state index is 12.3. The lowest BCUT2D eigenvalue weighted by molar-refractivity contribution is 0.0976. The number of anilines is 1. The standard InChI is InChI=1S/C23H19ClN2O3/c24-21-11-14(25)9-10-19(21)22(27)12-26-23(28)29-13-20-17-7-3-1-5-15(17)16-6-2-4-8-18(16)20/h1-11,20H,12-13,25H2,(H,26,28). The zero-order valence-electron chi connectivity index (χ0n) is 15.5. The molecule has 0 radical (unpaired) electrons. The molecule has 5 nitrogen and oxygen atoms in total. The first-order valence-corrected chi connectivity index (χ1v) is 9.59. The van der Waals surface area contributed by atoms with Crippen molar-refractivity contribution in [2.75, 3.05) is 18.9 Å². The van der Waals surface area contributed by atoms with Gasteiger partial charge in [0.15, 0.2) is 5.78 Å². The van der Waals surface area contributed by atoms with E-state index < -0.39 is 6.09 Å². The van der Waals surface area contributed by atoms with Gasteiger partial charge >= 0.3 is 6.09 Å². The number of nitrogens with two attached hydrogens (primary N) is 1. The summed E-state index contributed by atoms with van der Waals surface area (Å²) < 4.78 is 5.42. The molecule has 1 aliphatic rings. The molecule has 29 heavy (non-hydrogen) atoms. The third kappa shape index (κ3) is 3.82. The Balaban J connectivity index is 1.38. The molecular formula is C23H19ClN2O3. The highest BCUT2D eigenvalue weighted by Crippen LogP contribution is 2.44. The van der Waals surface area contributed by atoms with E-state index in [2.05, 4.69) is 17.4 Å². The minimum Gasteiger partial charge on any atom is -0.449 e. The number of benzene rings is 3. The summed E-state index contributed by atoms with van der Waals surface area (Å²) in [7, 11) is 0. The molecule has 0 aromatic heterocycles. The average molecular weight is 407 g/mol. The average Bonchev–Trinajstić information content (AvgIpc) is 3.04. The minimum absolute atomic E-state index is 0.0320. The summed E-state index contributed by atoms with van der Waals surface area (Å²) >= 11 is 6.04. The Labute approximate surface area is 173 Å². The van der Waals surface area contributed by atoms with Crippen LogP contribution in [-0.4, -0.2) is 25.0 Å². The summed E-state index contributed by atoms with van der Waals surface area (Å²) in [5.41, 5.74) is 11.0. The molecule has 0 spiro atoms. The molecule has 0 saturated heterocycles. The SMILES string of the molecule is Nc1ccc(C(=O)CNC(=O)OCC2c3ccccc3-c3ccccc32)c(Cl)c1. The van der Waals surface area contributed by atoms with Crippen molar-refractivity contribution in [1.82, 2.24) is 5.32 Å². The first kappa shape index (κ1) is 19.0. The minimum atomic E-state index is -0.647. The molecule has 0 aliphatic heterocycles. The normalized spacial score (nSPS) is 12.2. The molecular weight excluding hydrogens is 388 g/mol. The number of fused-ring (bicyclic) bond motifs is 3. The Morgan fingerprint density at radius 3 is 2.21 bits per heavy atom. The van der Waals surface area contributed by atoms with Crippen LogP contribution in [-0.2, 0) is 4.74 Å². The van der Waals surface area contributed by atoms with Gasteiger partial charge in [0.25, 0.3) is 0 Å². The van der Waals surface area contributed by atoms with Crippen LogP contribution in [0.15, 0.2) is 66.7 Å². The maximum atomic E-state index is 12.3. The number of Topliss-reactive ketones (excluding diaryl/α,β-unsaturated/α-hetero) is 1. The topological polar surface area (TPSA) is 81.4 Å². The molecule has 0 fully saturated rings. The number of ether oxygens (including phenoxy) is 1. The Morgan fingerprint density at radius 2 is 1.59 bits per heavy atom. The lowest BCUT2D eigenvalue weighted by atomic mass is 9.98. The van der Waals surface area contributed by atoms with Gasteiger partial charge in [-0.15, -0.1) is 0 Å². The van der Waals surface area contributed by atoms with Gasteiger partial charge in [0.2, 0.25) is 0 Å². The molecule has 1 aliphatic carbocycles. The molecule has 3 aromatic rings. The molecule has 4 rings (SSSR count). The number of alkyl carbamates (subject to hydrolysis) is 1. The van der Waals surface area contributed by atoms with Gasteiger partial charge in [-0.2, -0.15) is 0 Å². The van der Waals surface area contributed by atoms with E-state index in [0.29, 0.717) is 11.3 Å². The van der Waals surface area contributed by atoms with Gasteiger partial charge in [0, 0.05) is 17.2 Å². The number of nitrogen functional groups attached to an aromatic ring is 1. The van der Waals surface area contributed by atoms with Gasteiger partial charge in [-0.1, -0.05) is 60.1 Å². The van der Waals surface area contributed by atoms with Gasteiger partial charge in [-0.25, -0.2) is 4.79 Å². The van der Waals surface area contributed by atoms with Gasteiger partial charge in [0.1, 0.15) is 6.61 Å². The summed E-state index contributed by atoms with van der Waals surface area (Å²) in [6.45, 7) is -0.0169. The molecule has 0 unspecified atom stereocenters. The van der Waals surface area contributed by atoms with E-state index >= 15 is 0 Å². The number of halogens is 1. The zero-order valence-corrected chi connectivity index (χ0v) is 16.3. The molecule has 0 saturated carbocycles. The molecule has 1 amide bonds. The van der Waals surface area contributed by atoms with E-state index in [4.69, 9.17) is 22.1 Å². The Kier molecular flexibility index (Phi) is 5.23. The summed E-state index contributed by atoms with van der Waals surface area (Å²) in [5.74, 6) is -0.348. The van der Waals surface area contributed by atoms with Crippen LogP contribution in [0.2, 0.25) is 5.02 Å². The van der Waals surface area contributed by atoms with Gasteiger partial charge < -0.3 is 15.8 Å². The molecule has 146 valence electrons. The van der Waals surface area contributed by atoms with Crippen LogP contribution < -0.4 is 11.1 Å². The van der Waals surface area contributed by atoms with Crippen molar-refractivity contribution < 1.29 is 14.3 Å². The van der Waals surface area contributed by atoms with Crippen LogP contribution >= 0.6 is 11.6 Å². The smallest absolute Gasteiger partial charge is 0.407 e. The molecule has 3 aromatic carbocycles. The first-order chi connectivity index (χ1) is 14.0. The van der Waals surface area contributed by atoms with E-state index in [9.17, 15) is 9.59 Å². The second kappa shape index (κ2) is 7.97. The second-order valence-electron chi connectivity index (χ2n) is 6.84. The predicted octanol–water partition coefficient (Wildman–Crippen LogP) is 4.64. The number of carbonyl (C=O) groups excluding carboxylic acids is 2. The van der Waals surface area contributed by atoms with E-state index in [1.54, 1.807) is 12.1 Å². The lowest BCUT2D eigenvalue weighted by Gasteiger charge is -2.14. The van der Waals surface area contributed by atoms with Crippen molar-refractivity contribution in [3.8, 4) is 11.1 Å². The molecule has 0 heterocycles. The van der Waals surface area contributed by atoms with Gasteiger partial charge in [0.05, 0.1) is 11.6 Å². The Hall–Kier alpha value is -3.31. The van der Waals surface area contributed by atoms with Crippen LogP contribution in [0.5, 0.6) is 0 Å². The monoisotopic (exact) mass is 406 g/mol. The fourth-order valence-corrected chi connectivity index (χ4v) is 3.95. The molecule has 3 N–H and O–H groups in total. The fraction of sp³-hybridized carbons (Fsp3) is 0.130. The van der Waals surface area contributed by atoms with E-state index in [1.807, 2.05) is 36.4 Å². The quantitative estimate of drug-likeness (QED) is 0.477. The highest BCUT2D eigenvalue weighted by Gasteiger charge is 2.29. The number of ketones is 1. The molecule has 6 heteroatoms. The highest BCUT2D eigenvalue weighted by molar-refractivity contribution is 6.34. The summed E-state index contributed by atoms with van der Waals surface area (Å²) in [5, 5.41) is 2.75. The number of nitrogens with one attached hydrogen (secondary N) is 1. The number of amides is 1. The fourth-order valence-electron chi connectivity index (χ4n) is 3.65. The van der Waals surface area contributed by atoms with Crippen molar-refractivity contribution >= 4 is 29.2 Å². The van der Waals surface area contributed by atoms with Crippen molar-refractivity contribution in [3.63, 3.8) is 0 Å². The maximum Gasteiger partial charge on any atom is 0.407 e. The Morgan fingerprint density at radius 1 is 0.966 bits per heavy atom. The molecule has 0 atom stereocenters. The van der Waals surface area contributed by atoms with Crippen molar-refractivity contribution in [2.24, 2.45) is 0 Å². The van der Waals surface area contributed by atoms with Gasteiger partial charge in [-0.05, 0) is 40.5 Å². The van der Waals surface area contributed by atoms with E-state index in [0.717, 1.165) is 22.3 Å². The van der Waals surface area contributed by atoms with Crippen molar-refractivity contribution in [3.05, 3.63) is 88.4 Å². The van der Waals surface area contributed by atoms with Gasteiger partial charge in [-0.3, -0.25) is 4.79 Å². The number of carbonyl (C=O) groups is 2.